The Bertz CT molecular complexity index is 537. The first-order valence-corrected chi connectivity index (χ1v) is 7.68. The molecule has 1 unspecified atom stereocenters. The lowest BCUT2D eigenvalue weighted by molar-refractivity contribution is -0.119. The van der Waals surface area contributed by atoms with Crippen molar-refractivity contribution in [2.45, 2.75) is 44.9 Å². The van der Waals surface area contributed by atoms with Crippen molar-refractivity contribution in [2.75, 3.05) is 12.8 Å². The number of nitrogen functional groups attached to an aromatic ring is 1. The number of unbranched alkanes of at least 4 members (excludes halogenated alkanes) is 3. The van der Waals surface area contributed by atoms with Crippen LogP contribution in [0.15, 0.2) is 30.9 Å². The van der Waals surface area contributed by atoms with Gasteiger partial charge in [-0.15, -0.1) is 6.58 Å². The molecule has 22 heavy (non-hydrogen) atoms. The number of esters is 1. The van der Waals surface area contributed by atoms with Crippen LogP contribution in [0.1, 0.15) is 60.9 Å². The Kier molecular flexibility index (Phi) is 7.37. The number of ether oxygens (including phenoxy) is 1. The molecule has 0 amide bonds. The molecule has 2 N–H and O–H groups in total. The van der Waals surface area contributed by atoms with Gasteiger partial charge in [-0.25, -0.2) is 4.79 Å². The van der Waals surface area contributed by atoms with Gasteiger partial charge in [-0.3, -0.25) is 4.79 Å². The summed E-state index contributed by atoms with van der Waals surface area (Å²) in [6, 6.07) is 5.06. The Morgan fingerprint density at radius 1 is 1.32 bits per heavy atom. The Hall–Kier alpha value is -2.10. The van der Waals surface area contributed by atoms with Crippen LogP contribution in [0.5, 0.6) is 0 Å². The van der Waals surface area contributed by atoms with Gasteiger partial charge in [0, 0.05) is 6.42 Å². The van der Waals surface area contributed by atoms with Crippen LogP contribution in [0.2, 0.25) is 0 Å². The summed E-state index contributed by atoms with van der Waals surface area (Å²) in [6.07, 6.45) is 6.27. The molecule has 0 fully saturated rings. The quantitative estimate of drug-likeness (QED) is 0.325. The van der Waals surface area contributed by atoms with Gasteiger partial charge in [0.05, 0.1) is 24.3 Å². The molecule has 120 valence electrons. The Balaban J connectivity index is 2.93. The lowest BCUT2D eigenvalue weighted by Gasteiger charge is -2.16. The van der Waals surface area contributed by atoms with Gasteiger partial charge < -0.3 is 10.5 Å². The average molecular weight is 303 g/mol. The molecule has 0 spiro atoms. The molecule has 0 bridgehead atoms. The fraction of sp³-hybridized carbons (Fsp3) is 0.444. The number of nitrogens with two attached hydrogens (primary N) is 1. The maximum absolute atomic E-state index is 12.4. The number of allylic oxidation sites excluding steroid dienone is 1. The lowest BCUT2D eigenvalue weighted by Crippen LogP contribution is -2.15. The molecule has 0 heterocycles. The van der Waals surface area contributed by atoms with Crippen LogP contribution in [0, 0.1) is 0 Å². The largest absolute Gasteiger partial charge is 0.465 e. The highest BCUT2D eigenvalue weighted by Crippen LogP contribution is 2.29. The number of carbonyl (C=O) groups is 2. The first-order valence-electron chi connectivity index (χ1n) is 7.68. The van der Waals surface area contributed by atoms with E-state index in [0.29, 0.717) is 17.7 Å². The minimum atomic E-state index is -0.502. The summed E-state index contributed by atoms with van der Waals surface area (Å²) in [5.74, 6) is -0.899. The van der Waals surface area contributed by atoms with Gasteiger partial charge in [-0.05, 0) is 18.1 Å². The zero-order chi connectivity index (χ0) is 16.5. The molecule has 0 aliphatic heterocycles. The molecule has 0 saturated heterocycles. The number of carbonyl (C=O) groups excluding carboxylic acids is 2. The molecule has 4 heteroatoms. The van der Waals surface area contributed by atoms with Crippen molar-refractivity contribution in [1.82, 2.24) is 0 Å². The number of ketones is 1. The Morgan fingerprint density at radius 3 is 2.64 bits per heavy atom. The van der Waals surface area contributed by atoms with E-state index in [1.165, 1.54) is 7.11 Å². The molecule has 0 saturated carbocycles. The van der Waals surface area contributed by atoms with Crippen molar-refractivity contribution in [2.24, 2.45) is 0 Å². The second kappa shape index (κ2) is 9.03. The third-order valence-electron chi connectivity index (χ3n) is 3.74. The van der Waals surface area contributed by atoms with Crippen molar-refractivity contribution in [3.8, 4) is 0 Å². The van der Waals surface area contributed by atoms with E-state index in [1.54, 1.807) is 24.3 Å². The molecular weight excluding hydrogens is 278 g/mol. The minimum absolute atomic E-state index is 0.0832. The topological polar surface area (TPSA) is 69.4 Å². The minimum Gasteiger partial charge on any atom is -0.465 e. The van der Waals surface area contributed by atoms with Gasteiger partial charge in [0.15, 0.2) is 0 Å². The van der Waals surface area contributed by atoms with E-state index in [4.69, 9.17) is 10.5 Å². The fourth-order valence-electron chi connectivity index (χ4n) is 2.46. The Labute approximate surface area is 132 Å². The van der Waals surface area contributed by atoms with Gasteiger partial charge in [0.2, 0.25) is 0 Å². The maximum Gasteiger partial charge on any atom is 0.339 e. The van der Waals surface area contributed by atoms with Gasteiger partial charge in [-0.2, -0.15) is 0 Å². The van der Waals surface area contributed by atoms with Crippen molar-refractivity contribution in [1.29, 1.82) is 0 Å². The molecule has 0 aromatic heterocycles. The number of methoxy groups -OCH3 is 1. The molecule has 0 aliphatic rings. The van der Waals surface area contributed by atoms with Crippen LogP contribution >= 0.6 is 0 Å². The molecular formula is C18H25NO3. The molecule has 1 atom stereocenters. The summed E-state index contributed by atoms with van der Waals surface area (Å²) in [6.45, 7) is 5.88. The molecule has 1 aromatic rings. The van der Waals surface area contributed by atoms with Crippen LogP contribution in [-0.2, 0) is 9.53 Å². The van der Waals surface area contributed by atoms with E-state index in [9.17, 15) is 9.59 Å². The average Bonchev–Trinajstić information content (AvgIpc) is 2.53. The van der Waals surface area contributed by atoms with Crippen molar-refractivity contribution < 1.29 is 14.3 Å². The van der Waals surface area contributed by atoms with Crippen molar-refractivity contribution in [3.05, 3.63) is 42.0 Å². The van der Waals surface area contributed by atoms with Crippen LogP contribution in [0.25, 0.3) is 0 Å². The molecule has 0 aliphatic carbocycles. The Morgan fingerprint density at radius 2 is 2.05 bits per heavy atom. The summed E-state index contributed by atoms with van der Waals surface area (Å²) in [5.41, 5.74) is 7.25. The van der Waals surface area contributed by atoms with Gasteiger partial charge in [0.25, 0.3) is 0 Å². The SMILES string of the molecule is C=CC(C(=O)CCCCCC)c1cccc(C(=O)OC)c1N. The highest BCUT2D eigenvalue weighted by Gasteiger charge is 2.22. The van der Waals surface area contributed by atoms with E-state index < -0.39 is 11.9 Å². The summed E-state index contributed by atoms with van der Waals surface area (Å²) in [4.78, 5) is 24.1. The highest BCUT2D eigenvalue weighted by atomic mass is 16.5. The number of Topliss-reactive ketones (excluding diaryl/α,β-unsaturated/α-hetero) is 1. The van der Waals surface area contributed by atoms with Crippen molar-refractivity contribution >= 4 is 17.4 Å². The van der Waals surface area contributed by atoms with E-state index >= 15 is 0 Å². The third-order valence-corrected chi connectivity index (χ3v) is 3.74. The molecule has 1 rings (SSSR count). The second-order valence-corrected chi connectivity index (χ2v) is 5.29. The predicted octanol–water partition coefficient (Wildman–Crippen LogP) is 3.86. The summed E-state index contributed by atoms with van der Waals surface area (Å²) in [5, 5.41) is 0. The number of para-hydroxylation sites is 1. The van der Waals surface area contributed by atoms with E-state index in [0.717, 1.165) is 25.7 Å². The van der Waals surface area contributed by atoms with Gasteiger partial charge >= 0.3 is 5.97 Å². The first kappa shape index (κ1) is 18.0. The first-order chi connectivity index (χ1) is 10.6. The van der Waals surface area contributed by atoms with Crippen LogP contribution in [0.3, 0.4) is 0 Å². The van der Waals surface area contributed by atoms with E-state index in [2.05, 4.69) is 13.5 Å². The van der Waals surface area contributed by atoms with Crippen LogP contribution in [-0.4, -0.2) is 18.9 Å². The van der Waals surface area contributed by atoms with E-state index in [1.807, 2.05) is 0 Å². The third kappa shape index (κ3) is 4.45. The smallest absolute Gasteiger partial charge is 0.339 e. The van der Waals surface area contributed by atoms with E-state index in [-0.39, 0.29) is 11.3 Å². The second-order valence-electron chi connectivity index (χ2n) is 5.29. The number of hydrogen-bond donors (Lipinski definition) is 1. The standard InChI is InChI=1S/C18H25NO3/c1-4-6-7-8-12-16(20)13(5-2)14-10-9-11-15(17(14)19)18(21)22-3/h5,9-11,13H,2,4,6-8,12,19H2,1,3H3. The highest BCUT2D eigenvalue weighted by molar-refractivity contribution is 5.98. The number of hydrogen-bond acceptors (Lipinski definition) is 4. The number of anilines is 1. The summed E-state index contributed by atoms with van der Waals surface area (Å²) >= 11 is 0. The molecule has 1 aromatic carbocycles. The number of rotatable bonds is 9. The summed E-state index contributed by atoms with van der Waals surface area (Å²) in [7, 11) is 1.30. The normalized spacial score (nSPS) is 11.7. The van der Waals surface area contributed by atoms with Crippen LogP contribution in [0.4, 0.5) is 5.69 Å². The van der Waals surface area contributed by atoms with Crippen molar-refractivity contribution in [3.63, 3.8) is 0 Å². The predicted molar refractivity (Wildman–Crippen MR) is 88.9 cm³/mol. The van der Waals surface area contributed by atoms with Gasteiger partial charge in [-0.1, -0.05) is 44.4 Å². The fourth-order valence-corrected chi connectivity index (χ4v) is 2.46. The maximum atomic E-state index is 12.4. The molecule has 0 radical (unpaired) electrons. The van der Waals surface area contributed by atoms with Gasteiger partial charge in [0.1, 0.15) is 5.78 Å². The summed E-state index contributed by atoms with van der Waals surface area (Å²) < 4.78 is 4.71. The lowest BCUT2D eigenvalue weighted by atomic mass is 9.89. The zero-order valence-corrected chi connectivity index (χ0v) is 13.4. The number of benzene rings is 1. The van der Waals surface area contributed by atoms with Crippen LogP contribution < -0.4 is 5.73 Å². The molecule has 4 nitrogen and oxygen atoms in total. The zero-order valence-electron chi connectivity index (χ0n) is 13.4. The monoisotopic (exact) mass is 303 g/mol.